The molecule has 180 valence electrons. The third-order valence-corrected chi connectivity index (χ3v) is 6.51. The number of aromatic nitrogens is 8. The lowest BCUT2D eigenvalue weighted by Gasteiger charge is -2.10. The maximum atomic E-state index is 5.97. The summed E-state index contributed by atoms with van der Waals surface area (Å²) in [6, 6.07) is 9.75. The summed E-state index contributed by atoms with van der Waals surface area (Å²) in [5.74, 6) is 3.70. The van der Waals surface area contributed by atoms with Gasteiger partial charge in [-0.1, -0.05) is 11.2 Å². The highest BCUT2D eigenvalue weighted by Gasteiger charge is 2.32. The van der Waals surface area contributed by atoms with Gasteiger partial charge in [-0.3, -0.25) is 9.55 Å². The van der Waals surface area contributed by atoms with Crippen LogP contribution < -0.4 is 4.74 Å². The number of ether oxygens (including phenoxy) is 2. The summed E-state index contributed by atoms with van der Waals surface area (Å²) >= 11 is 0. The molecule has 0 spiro atoms. The second kappa shape index (κ2) is 8.38. The van der Waals surface area contributed by atoms with E-state index in [1.165, 1.54) is 0 Å². The number of hydrogen-bond acceptors (Lipinski definition) is 9. The first kappa shape index (κ1) is 20.9. The smallest absolute Gasteiger partial charge is 0.230 e. The number of pyridine rings is 1. The van der Waals surface area contributed by atoms with Crippen LogP contribution in [0.4, 0.5) is 0 Å². The van der Waals surface area contributed by atoms with Gasteiger partial charge in [-0.15, -0.1) is 10.2 Å². The van der Waals surface area contributed by atoms with Crippen LogP contribution in [-0.4, -0.2) is 46.5 Å². The molecule has 1 aliphatic heterocycles. The van der Waals surface area contributed by atoms with E-state index in [9.17, 15) is 0 Å². The topological polar surface area (TPSA) is 119 Å². The van der Waals surface area contributed by atoms with Crippen LogP contribution in [0.5, 0.6) is 5.75 Å². The minimum atomic E-state index is 0.290. The number of hydrogen-bond donors (Lipinski definition) is 0. The van der Waals surface area contributed by atoms with Crippen LogP contribution in [0, 0.1) is 0 Å². The Bertz CT molecular complexity index is 1550. The molecule has 7 rings (SSSR count). The van der Waals surface area contributed by atoms with E-state index in [1.54, 1.807) is 25.8 Å². The number of benzene rings is 1. The number of methoxy groups -OCH3 is 1. The highest BCUT2D eigenvalue weighted by molar-refractivity contribution is 5.72. The zero-order chi connectivity index (χ0) is 24.1. The van der Waals surface area contributed by atoms with Crippen molar-refractivity contribution in [3.63, 3.8) is 0 Å². The van der Waals surface area contributed by atoms with E-state index < -0.39 is 0 Å². The van der Waals surface area contributed by atoms with Crippen LogP contribution >= 0.6 is 0 Å². The van der Waals surface area contributed by atoms with Crippen molar-refractivity contribution >= 4 is 0 Å². The monoisotopic (exact) mass is 482 g/mol. The van der Waals surface area contributed by atoms with Crippen LogP contribution in [0.1, 0.15) is 41.7 Å². The van der Waals surface area contributed by atoms with Gasteiger partial charge >= 0.3 is 0 Å². The molecular weight excluding hydrogens is 460 g/mol. The minimum absolute atomic E-state index is 0.290. The van der Waals surface area contributed by atoms with E-state index in [2.05, 4.69) is 30.3 Å². The molecule has 0 atom stereocenters. The summed E-state index contributed by atoms with van der Waals surface area (Å²) in [6.45, 7) is 1.18. The molecular formula is C25H22N8O3. The Morgan fingerprint density at radius 2 is 2.08 bits per heavy atom. The van der Waals surface area contributed by atoms with Gasteiger partial charge in [-0.25, -0.2) is 4.98 Å². The van der Waals surface area contributed by atoms with E-state index in [-0.39, 0.29) is 0 Å². The highest BCUT2D eigenvalue weighted by Crippen LogP contribution is 2.40. The first-order chi connectivity index (χ1) is 17.8. The number of fused-ring (bicyclic) bond motifs is 5. The second-order valence-corrected chi connectivity index (χ2v) is 8.90. The molecule has 0 bridgehead atoms. The van der Waals surface area contributed by atoms with Crippen molar-refractivity contribution in [3.05, 3.63) is 72.0 Å². The van der Waals surface area contributed by atoms with Crippen LogP contribution in [0.3, 0.4) is 0 Å². The predicted octanol–water partition coefficient (Wildman–Crippen LogP) is 3.54. The summed E-state index contributed by atoms with van der Waals surface area (Å²) in [7, 11) is 1.65. The van der Waals surface area contributed by atoms with Crippen LogP contribution in [0.25, 0.3) is 28.6 Å². The van der Waals surface area contributed by atoms with E-state index in [0.717, 1.165) is 46.9 Å². The van der Waals surface area contributed by atoms with Crippen molar-refractivity contribution in [2.24, 2.45) is 0 Å². The summed E-state index contributed by atoms with van der Waals surface area (Å²) in [5.41, 5.74) is 4.39. The average Bonchev–Trinajstić information content (AvgIpc) is 3.35. The third kappa shape index (κ3) is 3.55. The van der Waals surface area contributed by atoms with Gasteiger partial charge in [0.05, 0.1) is 31.6 Å². The fourth-order valence-electron chi connectivity index (χ4n) is 4.48. The van der Waals surface area contributed by atoms with Crippen molar-refractivity contribution in [1.82, 2.24) is 39.4 Å². The molecule has 5 aromatic rings. The predicted molar refractivity (Wildman–Crippen MR) is 126 cm³/mol. The molecule has 1 fully saturated rings. The van der Waals surface area contributed by atoms with Crippen LogP contribution in [-0.2, 0) is 24.5 Å². The molecule has 4 aromatic heterocycles. The fraction of sp³-hybridized carbons (Fsp3) is 0.280. The van der Waals surface area contributed by atoms with Gasteiger partial charge < -0.3 is 18.6 Å². The van der Waals surface area contributed by atoms with Crippen molar-refractivity contribution in [1.29, 1.82) is 0 Å². The quantitative estimate of drug-likeness (QED) is 0.336. The molecule has 11 heteroatoms. The lowest BCUT2D eigenvalue weighted by atomic mass is 10.1. The van der Waals surface area contributed by atoms with E-state index >= 15 is 0 Å². The Labute approximate surface area is 205 Å². The molecule has 36 heavy (non-hydrogen) atoms. The highest BCUT2D eigenvalue weighted by atomic mass is 16.5. The molecule has 0 unspecified atom stereocenters. The summed E-state index contributed by atoms with van der Waals surface area (Å²) in [5, 5.41) is 13.3. The van der Waals surface area contributed by atoms with Gasteiger partial charge in [0.25, 0.3) is 0 Å². The second-order valence-electron chi connectivity index (χ2n) is 8.90. The molecule has 1 aliphatic carbocycles. The molecule has 2 aliphatic rings. The van der Waals surface area contributed by atoms with Crippen molar-refractivity contribution in [3.8, 4) is 34.3 Å². The first-order valence-corrected chi connectivity index (χ1v) is 11.8. The molecule has 0 radical (unpaired) electrons. The van der Waals surface area contributed by atoms with Gasteiger partial charge in [-0.2, -0.15) is 4.98 Å². The molecule has 0 amide bonds. The standard InChI is InChI=1S/C25H22N8O3/c1-34-17-6-7-19-18(9-17)24-30-29-21(13-35-12-15-3-2-8-26-10-15)32(24)11-20-22(27-14-33(19)20)23-28-25(36-31-23)16-4-5-16/h2-3,6-10,14,16H,4-5,11-13H2,1H3. The van der Waals surface area contributed by atoms with Crippen molar-refractivity contribution in [2.75, 3.05) is 7.11 Å². The molecule has 0 saturated heterocycles. The van der Waals surface area contributed by atoms with Gasteiger partial charge in [0.1, 0.15) is 24.4 Å². The molecule has 11 nitrogen and oxygen atoms in total. The third-order valence-electron chi connectivity index (χ3n) is 6.51. The molecule has 5 heterocycles. The Morgan fingerprint density at radius 1 is 1.14 bits per heavy atom. The zero-order valence-electron chi connectivity index (χ0n) is 19.5. The largest absolute Gasteiger partial charge is 0.497 e. The number of imidazole rings is 1. The van der Waals surface area contributed by atoms with Crippen molar-refractivity contribution in [2.45, 2.75) is 38.5 Å². The lowest BCUT2D eigenvalue weighted by Crippen LogP contribution is -2.10. The number of nitrogens with zero attached hydrogens (tertiary/aromatic N) is 8. The minimum Gasteiger partial charge on any atom is -0.497 e. The van der Waals surface area contributed by atoms with Gasteiger partial charge in [0, 0.05) is 23.9 Å². The van der Waals surface area contributed by atoms with Gasteiger partial charge in [0.2, 0.25) is 11.7 Å². The molecule has 0 N–H and O–H groups in total. The Hall–Kier alpha value is -4.38. The summed E-state index contributed by atoms with van der Waals surface area (Å²) < 4.78 is 21.1. The maximum Gasteiger partial charge on any atom is 0.230 e. The first-order valence-electron chi connectivity index (χ1n) is 11.8. The summed E-state index contributed by atoms with van der Waals surface area (Å²) in [6.07, 6.45) is 7.50. The Morgan fingerprint density at radius 3 is 2.92 bits per heavy atom. The average molecular weight is 483 g/mol. The SMILES string of the molecule is COc1ccc2c(c1)-c1nnc(COCc3cccnc3)n1Cc1c(-c3noc(C4CC4)n3)ncn1-2. The summed E-state index contributed by atoms with van der Waals surface area (Å²) in [4.78, 5) is 13.5. The fourth-order valence-corrected chi connectivity index (χ4v) is 4.48. The van der Waals surface area contributed by atoms with Crippen molar-refractivity contribution < 1.29 is 14.0 Å². The zero-order valence-corrected chi connectivity index (χ0v) is 19.5. The van der Waals surface area contributed by atoms with Gasteiger partial charge in [0.15, 0.2) is 11.6 Å². The molecule has 1 saturated carbocycles. The molecule has 1 aromatic carbocycles. The van der Waals surface area contributed by atoms with Crippen LogP contribution in [0.2, 0.25) is 0 Å². The Kier molecular flexibility index (Phi) is 4.88. The van der Waals surface area contributed by atoms with Gasteiger partial charge in [-0.05, 0) is 42.7 Å². The Balaban J connectivity index is 1.29. The normalized spacial score (nSPS) is 14.1. The van der Waals surface area contributed by atoms with Crippen LogP contribution in [0.15, 0.2) is 53.6 Å². The maximum absolute atomic E-state index is 5.97. The van der Waals surface area contributed by atoms with E-state index in [4.69, 9.17) is 14.0 Å². The van der Waals surface area contributed by atoms with E-state index in [1.807, 2.05) is 39.5 Å². The van der Waals surface area contributed by atoms with E-state index in [0.29, 0.717) is 48.9 Å². The number of rotatable bonds is 7. The lowest BCUT2D eigenvalue weighted by molar-refractivity contribution is 0.0992.